The maximum absolute atomic E-state index is 12.8. The van der Waals surface area contributed by atoms with Crippen LogP contribution in [0.3, 0.4) is 0 Å². The molecule has 0 unspecified atom stereocenters. The minimum absolute atomic E-state index is 0.192. The molecule has 2 rings (SSSR count). The highest BCUT2D eigenvalue weighted by atomic mass is 35.5. The largest absolute Gasteiger partial charge is 0.465 e. The monoisotopic (exact) mass is 338 g/mol. The van der Waals surface area contributed by atoms with E-state index in [0.29, 0.717) is 17.0 Å². The molecule has 124 valence electrons. The van der Waals surface area contributed by atoms with Crippen LogP contribution in [0.1, 0.15) is 31.4 Å². The van der Waals surface area contributed by atoms with Crippen molar-refractivity contribution < 1.29 is 19.1 Å². The van der Waals surface area contributed by atoms with Gasteiger partial charge in [0.25, 0.3) is 5.91 Å². The van der Waals surface area contributed by atoms with E-state index >= 15 is 0 Å². The maximum Gasteiger partial charge on any atom is 0.326 e. The van der Waals surface area contributed by atoms with Gasteiger partial charge in [0.15, 0.2) is 0 Å². The van der Waals surface area contributed by atoms with Crippen LogP contribution in [-0.4, -0.2) is 36.0 Å². The molecule has 7 heteroatoms. The van der Waals surface area contributed by atoms with Crippen LogP contribution in [-0.2, 0) is 19.9 Å². The molecule has 1 saturated heterocycles. The van der Waals surface area contributed by atoms with Crippen LogP contribution in [0.2, 0.25) is 5.02 Å². The van der Waals surface area contributed by atoms with Crippen LogP contribution >= 0.6 is 11.6 Å². The molecule has 0 aliphatic carbocycles. The third-order valence-electron chi connectivity index (χ3n) is 3.95. The van der Waals surface area contributed by atoms with Gasteiger partial charge in [-0.2, -0.15) is 0 Å². The van der Waals surface area contributed by atoms with Gasteiger partial charge in [-0.1, -0.05) is 30.7 Å². The van der Waals surface area contributed by atoms with Crippen LogP contribution in [0.4, 0.5) is 4.79 Å². The first-order valence-electron chi connectivity index (χ1n) is 7.42. The molecular formula is C16H19ClN2O4. The van der Waals surface area contributed by atoms with Crippen molar-refractivity contribution in [3.8, 4) is 0 Å². The van der Waals surface area contributed by atoms with Crippen molar-refractivity contribution in [3.05, 3.63) is 34.3 Å². The number of halogens is 1. The smallest absolute Gasteiger partial charge is 0.326 e. The van der Waals surface area contributed by atoms with Gasteiger partial charge in [0.1, 0.15) is 12.1 Å². The number of nitrogens with one attached hydrogen (secondary N) is 1. The Balaban J connectivity index is 2.36. The average Bonchev–Trinajstić information content (AvgIpc) is 2.75. The Bertz CT molecular complexity index is 661. The molecule has 1 aromatic rings. The summed E-state index contributed by atoms with van der Waals surface area (Å²) in [4.78, 5) is 37.5. The lowest BCUT2D eigenvalue weighted by atomic mass is 9.86. The van der Waals surface area contributed by atoms with Gasteiger partial charge in [0.2, 0.25) is 0 Å². The first-order chi connectivity index (χ1) is 10.9. The highest BCUT2D eigenvalue weighted by Crippen LogP contribution is 2.34. The van der Waals surface area contributed by atoms with E-state index in [0.717, 1.165) is 10.5 Å². The fraction of sp³-hybridized carbons (Fsp3) is 0.438. The van der Waals surface area contributed by atoms with Gasteiger partial charge in [-0.05, 0) is 37.5 Å². The van der Waals surface area contributed by atoms with E-state index in [1.165, 1.54) is 0 Å². The van der Waals surface area contributed by atoms with E-state index in [1.54, 1.807) is 32.0 Å². The maximum atomic E-state index is 12.8. The number of carbonyl (C=O) groups is 3. The summed E-state index contributed by atoms with van der Waals surface area (Å²) in [5.41, 5.74) is 0.272. The van der Waals surface area contributed by atoms with Crippen LogP contribution in [0.15, 0.2) is 18.2 Å². The van der Waals surface area contributed by atoms with Gasteiger partial charge in [-0.15, -0.1) is 0 Å². The number of hydrogen-bond acceptors (Lipinski definition) is 4. The second kappa shape index (κ2) is 6.58. The summed E-state index contributed by atoms with van der Waals surface area (Å²) >= 11 is 6.03. The number of aryl methyl sites for hydroxylation is 1. The predicted octanol–water partition coefficient (Wildman–Crippen LogP) is 2.37. The average molecular weight is 339 g/mol. The molecule has 0 radical (unpaired) electrons. The third-order valence-corrected chi connectivity index (χ3v) is 4.37. The minimum Gasteiger partial charge on any atom is -0.465 e. The normalized spacial score (nSPS) is 20.6. The van der Waals surface area contributed by atoms with Crippen molar-refractivity contribution in [1.82, 2.24) is 10.2 Å². The molecule has 1 aromatic carbocycles. The fourth-order valence-corrected chi connectivity index (χ4v) is 2.77. The number of rotatable bonds is 5. The number of esters is 1. The van der Waals surface area contributed by atoms with E-state index in [2.05, 4.69) is 5.32 Å². The lowest BCUT2D eigenvalue weighted by molar-refractivity contribution is -0.147. The van der Waals surface area contributed by atoms with Crippen molar-refractivity contribution >= 4 is 29.5 Å². The Kier molecular flexibility index (Phi) is 4.94. The zero-order valence-corrected chi connectivity index (χ0v) is 14.1. The fourth-order valence-electron chi connectivity index (χ4n) is 2.65. The number of urea groups is 1. The van der Waals surface area contributed by atoms with Gasteiger partial charge < -0.3 is 10.1 Å². The topological polar surface area (TPSA) is 75.7 Å². The van der Waals surface area contributed by atoms with Crippen molar-refractivity contribution in [2.24, 2.45) is 0 Å². The van der Waals surface area contributed by atoms with Crippen LogP contribution in [0.25, 0.3) is 0 Å². The van der Waals surface area contributed by atoms with Crippen LogP contribution in [0, 0.1) is 6.92 Å². The first kappa shape index (κ1) is 17.3. The van der Waals surface area contributed by atoms with Gasteiger partial charge in [-0.3, -0.25) is 14.5 Å². The molecule has 0 bridgehead atoms. The molecule has 1 N–H and O–H groups in total. The van der Waals surface area contributed by atoms with Crippen molar-refractivity contribution in [2.45, 2.75) is 32.7 Å². The highest BCUT2D eigenvalue weighted by molar-refractivity contribution is 6.31. The molecule has 0 aromatic heterocycles. The first-order valence-corrected chi connectivity index (χ1v) is 7.79. The van der Waals surface area contributed by atoms with E-state index in [-0.39, 0.29) is 6.61 Å². The Morgan fingerprint density at radius 1 is 1.35 bits per heavy atom. The molecule has 1 heterocycles. The molecule has 6 nitrogen and oxygen atoms in total. The van der Waals surface area contributed by atoms with E-state index in [9.17, 15) is 14.4 Å². The van der Waals surface area contributed by atoms with Crippen molar-refractivity contribution in [1.29, 1.82) is 0 Å². The number of imide groups is 1. The summed E-state index contributed by atoms with van der Waals surface area (Å²) in [7, 11) is 0. The number of hydrogen-bond donors (Lipinski definition) is 1. The second-order valence-corrected chi connectivity index (χ2v) is 5.76. The molecule has 3 amide bonds. The number of benzene rings is 1. The summed E-state index contributed by atoms with van der Waals surface area (Å²) in [6.45, 7) is 5.09. The Hall–Kier alpha value is -2.08. The molecule has 0 spiro atoms. The Morgan fingerprint density at radius 2 is 2.04 bits per heavy atom. The van der Waals surface area contributed by atoms with Gasteiger partial charge in [0.05, 0.1) is 6.61 Å². The number of nitrogens with zero attached hydrogens (tertiary/aromatic N) is 1. The zero-order chi connectivity index (χ0) is 17.2. The van der Waals surface area contributed by atoms with Crippen LogP contribution < -0.4 is 5.32 Å². The van der Waals surface area contributed by atoms with E-state index in [1.807, 2.05) is 6.92 Å². The molecule has 1 aliphatic rings. The quantitative estimate of drug-likeness (QED) is 0.660. The molecule has 0 saturated carbocycles. The van der Waals surface area contributed by atoms with Crippen molar-refractivity contribution in [3.63, 3.8) is 0 Å². The number of amides is 3. The van der Waals surface area contributed by atoms with E-state index in [4.69, 9.17) is 16.3 Å². The van der Waals surface area contributed by atoms with E-state index < -0.39 is 30.0 Å². The Morgan fingerprint density at radius 3 is 2.61 bits per heavy atom. The molecule has 1 atom stereocenters. The van der Waals surface area contributed by atoms with Gasteiger partial charge in [-0.25, -0.2) is 4.79 Å². The summed E-state index contributed by atoms with van der Waals surface area (Å²) in [6.07, 6.45) is 0.359. The summed E-state index contributed by atoms with van der Waals surface area (Å²) in [6, 6.07) is 4.58. The minimum atomic E-state index is -1.18. The predicted molar refractivity (Wildman–Crippen MR) is 85.0 cm³/mol. The molecule has 1 aliphatic heterocycles. The summed E-state index contributed by atoms with van der Waals surface area (Å²) in [5, 5.41) is 3.30. The standard InChI is InChI=1S/C16H19ClN2O4/c1-4-16(11-6-7-12(17)10(3)8-11)14(21)19(15(22)18-16)9-13(20)23-5-2/h6-8H,4-5,9H2,1-3H3,(H,18,22)/t16-/m1/s1. The van der Waals surface area contributed by atoms with Crippen molar-refractivity contribution in [2.75, 3.05) is 13.2 Å². The van der Waals surface area contributed by atoms with Crippen LogP contribution in [0.5, 0.6) is 0 Å². The summed E-state index contributed by atoms with van der Waals surface area (Å²) < 4.78 is 4.81. The zero-order valence-electron chi connectivity index (χ0n) is 13.3. The molecule has 1 fully saturated rings. The highest BCUT2D eigenvalue weighted by Gasteiger charge is 2.51. The second-order valence-electron chi connectivity index (χ2n) is 5.35. The SMILES string of the molecule is CCOC(=O)CN1C(=O)N[C@](CC)(c2ccc(Cl)c(C)c2)C1=O. The Labute approximate surface area is 139 Å². The lowest BCUT2D eigenvalue weighted by Crippen LogP contribution is -2.44. The lowest BCUT2D eigenvalue weighted by Gasteiger charge is -2.26. The molecule has 23 heavy (non-hydrogen) atoms. The van der Waals surface area contributed by atoms with Gasteiger partial charge in [0, 0.05) is 5.02 Å². The number of ether oxygens (including phenoxy) is 1. The summed E-state index contributed by atoms with van der Waals surface area (Å²) in [5.74, 6) is -1.07. The third kappa shape index (κ3) is 3.03. The van der Waals surface area contributed by atoms with Gasteiger partial charge >= 0.3 is 12.0 Å². The molecular weight excluding hydrogens is 320 g/mol. The number of carbonyl (C=O) groups excluding carboxylic acids is 3.